The van der Waals surface area contributed by atoms with E-state index in [4.69, 9.17) is 9.84 Å². The van der Waals surface area contributed by atoms with Crippen molar-refractivity contribution in [3.05, 3.63) is 0 Å². The number of carboxylic acids is 1. The minimum atomic E-state index is -0.935. The van der Waals surface area contributed by atoms with Crippen molar-refractivity contribution >= 4 is 11.9 Å². The molecule has 1 aliphatic carbocycles. The molecule has 2 N–H and O–H groups in total. The van der Waals surface area contributed by atoms with Gasteiger partial charge in [-0.2, -0.15) is 0 Å². The second kappa shape index (κ2) is 5.69. The van der Waals surface area contributed by atoms with Crippen LogP contribution in [0.15, 0.2) is 0 Å². The molecule has 0 atom stereocenters. The Kier molecular flexibility index (Phi) is 4.22. The van der Waals surface area contributed by atoms with Gasteiger partial charge in [0.05, 0.1) is 0 Å². The first-order valence-electron chi connectivity index (χ1n) is 6.74. The maximum atomic E-state index is 11.6. The van der Waals surface area contributed by atoms with Crippen LogP contribution in [0.2, 0.25) is 0 Å². The number of amides is 1. The van der Waals surface area contributed by atoms with Gasteiger partial charge in [0.25, 0.3) is 0 Å². The zero-order chi connectivity index (χ0) is 13.0. The quantitative estimate of drug-likeness (QED) is 0.750. The number of rotatable bonds is 6. The van der Waals surface area contributed by atoms with Crippen LogP contribution < -0.4 is 5.32 Å². The van der Waals surface area contributed by atoms with Crippen LogP contribution in [0.5, 0.6) is 0 Å². The van der Waals surface area contributed by atoms with Crippen LogP contribution in [0.3, 0.4) is 0 Å². The largest absolute Gasteiger partial charge is 0.480 e. The van der Waals surface area contributed by atoms with E-state index < -0.39 is 11.5 Å². The highest BCUT2D eigenvalue weighted by Gasteiger charge is 2.51. The minimum Gasteiger partial charge on any atom is -0.480 e. The third kappa shape index (κ3) is 3.45. The highest BCUT2D eigenvalue weighted by atomic mass is 16.5. The van der Waals surface area contributed by atoms with Crippen LogP contribution in [0.1, 0.15) is 44.9 Å². The molecular formula is C13H21NO4. The van der Waals surface area contributed by atoms with Gasteiger partial charge in [0, 0.05) is 19.6 Å². The van der Waals surface area contributed by atoms with Gasteiger partial charge in [-0.05, 0) is 44.4 Å². The number of hydrogen-bond donors (Lipinski definition) is 2. The Morgan fingerprint density at radius 3 is 2.50 bits per heavy atom. The van der Waals surface area contributed by atoms with E-state index in [2.05, 4.69) is 5.32 Å². The zero-order valence-corrected chi connectivity index (χ0v) is 10.6. The summed E-state index contributed by atoms with van der Waals surface area (Å²) in [5.74, 6) is -0.358. The predicted octanol–water partition coefficient (Wildman–Crippen LogP) is 1.32. The summed E-state index contributed by atoms with van der Waals surface area (Å²) in [6, 6.07) is 0. The summed E-state index contributed by atoms with van der Waals surface area (Å²) < 4.78 is 5.28. The van der Waals surface area contributed by atoms with Crippen LogP contribution in [-0.4, -0.2) is 35.7 Å². The van der Waals surface area contributed by atoms with Gasteiger partial charge < -0.3 is 15.2 Å². The molecule has 0 aromatic carbocycles. The number of carbonyl (C=O) groups is 2. The molecule has 0 aromatic rings. The van der Waals surface area contributed by atoms with Gasteiger partial charge in [-0.15, -0.1) is 0 Å². The van der Waals surface area contributed by atoms with E-state index in [1.807, 2.05) is 0 Å². The molecule has 0 unspecified atom stereocenters. The van der Waals surface area contributed by atoms with Crippen LogP contribution in [0.25, 0.3) is 0 Å². The second-order valence-corrected chi connectivity index (χ2v) is 5.38. The number of nitrogens with one attached hydrogen (secondary N) is 1. The van der Waals surface area contributed by atoms with Crippen molar-refractivity contribution in [1.82, 2.24) is 5.32 Å². The fourth-order valence-electron chi connectivity index (χ4n) is 2.43. The lowest BCUT2D eigenvalue weighted by molar-refractivity contribution is -0.143. The number of carboxylic acid groups (broad SMARTS) is 1. The minimum absolute atomic E-state index is 0.123. The summed E-state index contributed by atoms with van der Waals surface area (Å²) in [6.07, 6.45) is 5.61. The molecule has 1 aliphatic heterocycles. The van der Waals surface area contributed by atoms with E-state index in [9.17, 15) is 9.59 Å². The average Bonchev–Trinajstić information content (AvgIpc) is 3.11. The van der Waals surface area contributed by atoms with Gasteiger partial charge in [0.1, 0.15) is 5.54 Å². The van der Waals surface area contributed by atoms with Crippen molar-refractivity contribution in [3.63, 3.8) is 0 Å². The normalized spacial score (nSPS) is 22.4. The van der Waals surface area contributed by atoms with Gasteiger partial charge in [-0.3, -0.25) is 4.79 Å². The highest BCUT2D eigenvalue weighted by molar-refractivity contribution is 5.89. The van der Waals surface area contributed by atoms with Crippen molar-refractivity contribution in [1.29, 1.82) is 0 Å². The first-order chi connectivity index (χ1) is 8.62. The maximum absolute atomic E-state index is 11.6. The highest BCUT2D eigenvalue weighted by Crippen LogP contribution is 2.35. The molecule has 102 valence electrons. The Hall–Kier alpha value is -1.10. The smallest absolute Gasteiger partial charge is 0.329 e. The molecular weight excluding hydrogens is 234 g/mol. The van der Waals surface area contributed by atoms with E-state index in [1.54, 1.807) is 0 Å². The van der Waals surface area contributed by atoms with Crippen molar-refractivity contribution in [2.75, 3.05) is 13.2 Å². The first-order valence-corrected chi connectivity index (χ1v) is 6.74. The predicted molar refractivity (Wildman–Crippen MR) is 65.1 cm³/mol. The Labute approximate surface area is 107 Å². The van der Waals surface area contributed by atoms with Crippen molar-refractivity contribution in [2.24, 2.45) is 5.92 Å². The van der Waals surface area contributed by atoms with Crippen molar-refractivity contribution in [3.8, 4) is 0 Å². The summed E-state index contributed by atoms with van der Waals surface area (Å²) in [6.45, 7) is 1.66. The molecule has 18 heavy (non-hydrogen) atoms. The molecule has 5 nitrogen and oxygen atoms in total. The lowest BCUT2D eigenvalue weighted by Crippen LogP contribution is -2.42. The molecule has 1 saturated carbocycles. The summed E-state index contributed by atoms with van der Waals surface area (Å²) in [5.41, 5.74) is -0.935. The second-order valence-electron chi connectivity index (χ2n) is 5.38. The Balaban J connectivity index is 1.61. The molecule has 1 amide bonds. The lowest BCUT2D eigenvalue weighted by Gasteiger charge is -2.21. The fourth-order valence-corrected chi connectivity index (χ4v) is 2.43. The van der Waals surface area contributed by atoms with E-state index >= 15 is 0 Å². The summed E-state index contributed by atoms with van der Waals surface area (Å²) >= 11 is 0. The molecule has 2 fully saturated rings. The Bertz CT molecular complexity index is 319. The van der Waals surface area contributed by atoms with Gasteiger partial charge in [-0.1, -0.05) is 0 Å². The molecule has 0 aromatic heterocycles. The summed E-state index contributed by atoms with van der Waals surface area (Å²) in [4.78, 5) is 22.6. The lowest BCUT2D eigenvalue weighted by atomic mass is 9.94. The van der Waals surface area contributed by atoms with Crippen LogP contribution in [0, 0.1) is 5.92 Å². The topological polar surface area (TPSA) is 75.6 Å². The maximum Gasteiger partial charge on any atom is 0.329 e. The Morgan fingerprint density at radius 1 is 1.28 bits per heavy atom. The van der Waals surface area contributed by atoms with Crippen molar-refractivity contribution in [2.45, 2.75) is 50.5 Å². The molecule has 5 heteroatoms. The van der Waals surface area contributed by atoms with Gasteiger partial charge in [0.15, 0.2) is 0 Å². The SMILES string of the molecule is O=C(CCCC1CCOCC1)NC1(C(=O)O)CC1. The van der Waals surface area contributed by atoms with E-state index in [1.165, 1.54) is 0 Å². The van der Waals surface area contributed by atoms with Crippen LogP contribution in [-0.2, 0) is 14.3 Å². The summed E-state index contributed by atoms with van der Waals surface area (Å²) in [7, 11) is 0. The Morgan fingerprint density at radius 2 is 1.94 bits per heavy atom. The molecule has 2 aliphatic rings. The number of aliphatic carboxylic acids is 1. The third-order valence-electron chi connectivity index (χ3n) is 3.90. The number of ether oxygens (including phenoxy) is 1. The molecule has 0 spiro atoms. The third-order valence-corrected chi connectivity index (χ3v) is 3.90. The molecule has 1 saturated heterocycles. The molecule has 0 radical (unpaired) electrons. The number of hydrogen-bond acceptors (Lipinski definition) is 3. The monoisotopic (exact) mass is 255 g/mol. The molecule has 0 bridgehead atoms. The van der Waals surface area contributed by atoms with Crippen LogP contribution in [0.4, 0.5) is 0 Å². The van der Waals surface area contributed by atoms with Gasteiger partial charge >= 0.3 is 5.97 Å². The molecule has 2 rings (SSSR count). The van der Waals surface area contributed by atoms with E-state index in [-0.39, 0.29) is 5.91 Å². The van der Waals surface area contributed by atoms with E-state index in [0.717, 1.165) is 38.9 Å². The van der Waals surface area contributed by atoms with Gasteiger partial charge in [-0.25, -0.2) is 4.79 Å². The fraction of sp³-hybridized carbons (Fsp3) is 0.846. The first kappa shape index (κ1) is 13.3. The zero-order valence-electron chi connectivity index (χ0n) is 10.6. The standard InChI is InChI=1S/C13H21NO4/c15-11(14-13(6-7-13)12(16)17)3-1-2-10-4-8-18-9-5-10/h10H,1-9H2,(H,14,15)(H,16,17). The van der Waals surface area contributed by atoms with Gasteiger partial charge in [0.2, 0.25) is 5.91 Å². The number of carbonyl (C=O) groups excluding carboxylic acids is 1. The van der Waals surface area contributed by atoms with E-state index in [0.29, 0.717) is 25.2 Å². The van der Waals surface area contributed by atoms with Crippen molar-refractivity contribution < 1.29 is 19.4 Å². The molecule has 1 heterocycles. The van der Waals surface area contributed by atoms with Crippen LogP contribution >= 0.6 is 0 Å². The average molecular weight is 255 g/mol. The summed E-state index contributed by atoms with van der Waals surface area (Å²) in [5, 5.41) is 11.6.